The van der Waals surface area contributed by atoms with Crippen LogP contribution in [0.2, 0.25) is 0 Å². The highest BCUT2D eigenvalue weighted by molar-refractivity contribution is 5.97. The Bertz CT molecular complexity index is 831. The van der Waals surface area contributed by atoms with E-state index < -0.39 is 6.04 Å². The molecule has 2 aromatic rings. The first-order chi connectivity index (χ1) is 14.5. The van der Waals surface area contributed by atoms with E-state index in [-0.39, 0.29) is 11.8 Å². The number of carbonyl (C=O) groups is 2. The minimum absolute atomic E-state index is 0.185. The van der Waals surface area contributed by atoms with Gasteiger partial charge in [-0.2, -0.15) is 0 Å². The van der Waals surface area contributed by atoms with Gasteiger partial charge in [0.05, 0.1) is 0 Å². The second kappa shape index (κ2) is 10.9. The molecule has 3 rings (SSSR count). The highest BCUT2D eigenvalue weighted by Gasteiger charge is 2.20. The first-order valence-corrected chi connectivity index (χ1v) is 10.9. The number of benzene rings is 2. The lowest BCUT2D eigenvalue weighted by Gasteiger charge is -2.31. The molecule has 1 unspecified atom stereocenters. The van der Waals surface area contributed by atoms with Crippen molar-refractivity contribution >= 4 is 11.8 Å². The van der Waals surface area contributed by atoms with E-state index in [9.17, 15) is 9.59 Å². The molecule has 1 saturated carbocycles. The van der Waals surface area contributed by atoms with Crippen LogP contribution in [0.1, 0.15) is 60.5 Å². The molecule has 0 radical (unpaired) electrons. The van der Waals surface area contributed by atoms with Crippen LogP contribution in [0.15, 0.2) is 54.6 Å². The van der Waals surface area contributed by atoms with E-state index in [2.05, 4.69) is 40.8 Å². The van der Waals surface area contributed by atoms with Crippen LogP contribution in [-0.4, -0.2) is 35.8 Å². The van der Waals surface area contributed by atoms with Gasteiger partial charge in [-0.3, -0.25) is 14.5 Å². The SMILES string of the molecule is CC(NC(=O)c1ccccc1)C(=O)NCc1ccccc1CN(C)C1CCCCC1. The summed E-state index contributed by atoms with van der Waals surface area (Å²) in [6.07, 6.45) is 6.53. The third-order valence-corrected chi connectivity index (χ3v) is 5.97. The Balaban J connectivity index is 1.53. The van der Waals surface area contributed by atoms with Crippen molar-refractivity contribution < 1.29 is 9.59 Å². The molecule has 2 aromatic carbocycles. The van der Waals surface area contributed by atoms with Gasteiger partial charge in [0.2, 0.25) is 5.91 Å². The third-order valence-electron chi connectivity index (χ3n) is 5.97. The molecule has 1 fully saturated rings. The van der Waals surface area contributed by atoms with Gasteiger partial charge in [0.1, 0.15) is 6.04 Å². The summed E-state index contributed by atoms with van der Waals surface area (Å²) < 4.78 is 0. The molecule has 0 aromatic heterocycles. The number of rotatable bonds is 8. The summed E-state index contributed by atoms with van der Waals surface area (Å²) in [4.78, 5) is 27.2. The Morgan fingerprint density at radius 3 is 2.30 bits per heavy atom. The van der Waals surface area contributed by atoms with Crippen LogP contribution in [0.3, 0.4) is 0 Å². The lowest BCUT2D eigenvalue weighted by Crippen LogP contribution is -2.44. The van der Waals surface area contributed by atoms with Gasteiger partial charge in [0.25, 0.3) is 5.91 Å². The maximum Gasteiger partial charge on any atom is 0.251 e. The molecule has 5 nitrogen and oxygen atoms in total. The summed E-state index contributed by atoms with van der Waals surface area (Å²) in [6.45, 7) is 3.05. The van der Waals surface area contributed by atoms with Crippen molar-refractivity contribution in [2.75, 3.05) is 7.05 Å². The van der Waals surface area contributed by atoms with E-state index in [0.717, 1.165) is 12.1 Å². The van der Waals surface area contributed by atoms with Gasteiger partial charge in [0.15, 0.2) is 0 Å². The van der Waals surface area contributed by atoms with E-state index in [1.54, 1.807) is 31.2 Å². The number of carbonyl (C=O) groups excluding carboxylic acids is 2. The maximum absolute atomic E-state index is 12.5. The zero-order chi connectivity index (χ0) is 21.3. The largest absolute Gasteiger partial charge is 0.350 e. The average molecular weight is 408 g/mol. The molecular weight excluding hydrogens is 374 g/mol. The highest BCUT2D eigenvalue weighted by atomic mass is 16.2. The molecule has 0 spiro atoms. The standard InChI is InChI=1S/C25H33N3O2/c1-19(27-25(30)20-11-5-3-6-12-20)24(29)26-17-21-13-9-10-14-22(21)18-28(2)23-15-7-4-8-16-23/h3,5-6,9-14,19,23H,4,7-8,15-18H2,1-2H3,(H,26,29)(H,27,30). The second-order valence-electron chi connectivity index (χ2n) is 8.25. The maximum atomic E-state index is 12.5. The van der Waals surface area contributed by atoms with E-state index >= 15 is 0 Å². The van der Waals surface area contributed by atoms with Crippen LogP contribution in [-0.2, 0) is 17.9 Å². The molecule has 0 heterocycles. The summed E-state index contributed by atoms with van der Waals surface area (Å²) in [7, 11) is 2.20. The summed E-state index contributed by atoms with van der Waals surface area (Å²) >= 11 is 0. The monoisotopic (exact) mass is 407 g/mol. The molecule has 2 N–H and O–H groups in total. The van der Waals surface area contributed by atoms with E-state index in [1.165, 1.54) is 37.7 Å². The Morgan fingerprint density at radius 2 is 1.60 bits per heavy atom. The summed E-state index contributed by atoms with van der Waals surface area (Å²) in [5.41, 5.74) is 2.91. The number of nitrogens with one attached hydrogen (secondary N) is 2. The number of nitrogens with zero attached hydrogens (tertiary/aromatic N) is 1. The molecule has 0 aliphatic heterocycles. The first-order valence-electron chi connectivity index (χ1n) is 10.9. The van der Waals surface area contributed by atoms with Gasteiger partial charge >= 0.3 is 0 Å². The molecule has 30 heavy (non-hydrogen) atoms. The molecule has 1 aliphatic carbocycles. The van der Waals surface area contributed by atoms with E-state index in [0.29, 0.717) is 18.2 Å². The highest BCUT2D eigenvalue weighted by Crippen LogP contribution is 2.23. The number of hydrogen-bond donors (Lipinski definition) is 2. The van der Waals surface area contributed by atoms with Crippen LogP contribution < -0.4 is 10.6 Å². The smallest absolute Gasteiger partial charge is 0.251 e. The fraction of sp³-hybridized carbons (Fsp3) is 0.440. The molecule has 5 heteroatoms. The van der Waals surface area contributed by atoms with Crippen molar-refractivity contribution in [3.8, 4) is 0 Å². The van der Waals surface area contributed by atoms with Crippen LogP contribution in [0.25, 0.3) is 0 Å². The average Bonchev–Trinajstić information content (AvgIpc) is 2.79. The summed E-state index contributed by atoms with van der Waals surface area (Å²) in [6, 6.07) is 17.3. The normalized spacial score (nSPS) is 15.6. The molecule has 1 atom stereocenters. The van der Waals surface area contributed by atoms with Crippen molar-refractivity contribution in [2.45, 2.75) is 64.2 Å². The second-order valence-corrected chi connectivity index (χ2v) is 8.25. The first kappa shape index (κ1) is 22.0. The predicted molar refractivity (Wildman–Crippen MR) is 120 cm³/mol. The molecule has 1 aliphatic rings. The Labute approximate surface area is 179 Å². The lowest BCUT2D eigenvalue weighted by molar-refractivity contribution is -0.122. The van der Waals surface area contributed by atoms with Crippen molar-refractivity contribution in [1.29, 1.82) is 0 Å². The topological polar surface area (TPSA) is 61.4 Å². The van der Waals surface area contributed by atoms with Gasteiger partial charge in [-0.15, -0.1) is 0 Å². The van der Waals surface area contributed by atoms with Crippen LogP contribution >= 0.6 is 0 Å². The molecular formula is C25H33N3O2. The quantitative estimate of drug-likeness (QED) is 0.698. The van der Waals surface area contributed by atoms with Gasteiger partial charge in [-0.05, 0) is 50.1 Å². The number of amides is 2. The molecule has 0 bridgehead atoms. The molecule has 160 valence electrons. The van der Waals surface area contributed by atoms with E-state index in [4.69, 9.17) is 0 Å². The van der Waals surface area contributed by atoms with Gasteiger partial charge < -0.3 is 10.6 Å². The Kier molecular flexibility index (Phi) is 8.03. The Hall–Kier alpha value is -2.66. The van der Waals surface area contributed by atoms with Crippen molar-refractivity contribution in [3.05, 3.63) is 71.3 Å². The van der Waals surface area contributed by atoms with Crippen LogP contribution in [0.5, 0.6) is 0 Å². The zero-order valence-corrected chi connectivity index (χ0v) is 18.1. The fourth-order valence-corrected chi connectivity index (χ4v) is 4.07. The molecule has 2 amide bonds. The van der Waals surface area contributed by atoms with Crippen LogP contribution in [0, 0.1) is 0 Å². The minimum Gasteiger partial charge on any atom is -0.350 e. The minimum atomic E-state index is -0.602. The predicted octanol–water partition coefficient (Wildman–Crippen LogP) is 3.89. The van der Waals surface area contributed by atoms with E-state index in [1.807, 2.05) is 12.1 Å². The Morgan fingerprint density at radius 1 is 0.967 bits per heavy atom. The van der Waals surface area contributed by atoms with Gasteiger partial charge in [0, 0.05) is 24.7 Å². The summed E-state index contributed by atoms with van der Waals surface area (Å²) in [5, 5.41) is 5.74. The molecule has 0 saturated heterocycles. The fourth-order valence-electron chi connectivity index (χ4n) is 4.07. The number of hydrogen-bond acceptors (Lipinski definition) is 3. The summed E-state index contributed by atoms with van der Waals surface area (Å²) in [5.74, 6) is -0.428. The van der Waals surface area contributed by atoms with Crippen molar-refractivity contribution in [3.63, 3.8) is 0 Å². The van der Waals surface area contributed by atoms with Crippen LogP contribution in [0.4, 0.5) is 0 Å². The lowest BCUT2D eigenvalue weighted by atomic mass is 9.94. The van der Waals surface area contributed by atoms with Gasteiger partial charge in [-0.1, -0.05) is 61.7 Å². The van der Waals surface area contributed by atoms with Crippen molar-refractivity contribution in [2.24, 2.45) is 0 Å². The third kappa shape index (κ3) is 6.17. The zero-order valence-electron chi connectivity index (χ0n) is 18.1. The van der Waals surface area contributed by atoms with Crippen molar-refractivity contribution in [1.82, 2.24) is 15.5 Å². The van der Waals surface area contributed by atoms with Gasteiger partial charge in [-0.25, -0.2) is 0 Å².